The zero-order chi connectivity index (χ0) is 31.1. The summed E-state index contributed by atoms with van der Waals surface area (Å²) in [6.45, 7) is 8.07. The second kappa shape index (κ2) is 14.3. The number of hydrogen-bond acceptors (Lipinski definition) is 6. The predicted molar refractivity (Wildman–Crippen MR) is 177 cm³/mol. The van der Waals surface area contributed by atoms with E-state index in [4.69, 9.17) is 9.47 Å². The summed E-state index contributed by atoms with van der Waals surface area (Å²) in [5.74, 6) is 1.25. The Morgan fingerprint density at radius 3 is 2.43 bits per heavy atom. The molecule has 1 fully saturated rings. The Morgan fingerprint density at radius 1 is 0.977 bits per heavy atom. The molecule has 4 aromatic rings. The molecular weight excluding hydrogens is 568 g/mol. The second-order valence-corrected chi connectivity index (χ2v) is 17.0. The standard InChI is InChI=1S/C35H44N4O4Si/c1-26-33(18-13-27-9-8-12-30(23-27)39(25-41)29-10-6-5-7-11-29)43-34(19-21-38-24-28(20-22-40)36-37-38)35(26)44(3,4)32-16-14-31(42-2)15-17-32/h5-12,14-17,23-26,33-35,40H,13,18-22H2,1-4H3/t26-,33+,34-,35+/m0/s1. The molecule has 1 N–H and O–H groups in total. The van der Waals surface area contributed by atoms with Crippen LogP contribution >= 0.6 is 0 Å². The number of amides is 1. The summed E-state index contributed by atoms with van der Waals surface area (Å²) in [6, 6.07) is 26.6. The number of para-hydroxylation sites is 1. The van der Waals surface area contributed by atoms with E-state index in [-0.39, 0.29) is 18.8 Å². The van der Waals surface area contributed by atoms with Gasteiger partial charge in [-0.25, -0.2) is 0 Å². The van der Waals surface area contributed by atoms with Crippen molar-refractivity contribution < 1.29 is 19.4 Å². The normalized spacial score (nSPS) is 20.0. The van der Waals surface area contributed by atoms with Crippen molar-refractivity contribution in [2.24, 2.45) is 5.92 Å². The first-order valence-corrected chi connectivity index (χ1v) is 18.6. The molecule has 1 saturated heterocycles. The minimum atomic E-state index is -1.97. The minimum Gasteiger partial charge on any atom is -0.497 e. The molecule has 0 saturated carbocycles. The molecule has 8 nitrogen and oxygen atoms in total. The SMILES string of the molecule is COc1ccc([Si](C)(C)[C@@H]2[C@@H](C)[C@@H](CCc3cccc(N(C=O)c4ccccc4)c3)O[C@H]2CCn2cc(CCO)nn2)cc1. The lowest BCUT2D eigenvalue weighted by Crippen LogP contribution is -2.50. The lowest BCUT2D eigenvalue weighted by molar-refractivity contribution is -0.106. The number of ether oxygens (including phenoxy) is 2. The number of aryl methyl sites for hydroxylation is 2. The summed E-state index contributed by atoms with van der Waals surface area (Å²) in [6.07, 6.45) is 6.15. The van der Waals surface area contributed by atoms with Crippen molar-refractivity contribution in [1.82, 2.24) is 15.0 Å². The number of carbonyl (C=O) groups is 1. The zero-order valence-electron chi connectivity index (χ0n) is 26.2. The van der Waals surface area contributed by atoms with E-state index in [0.717, 1.165) is 55.0 Å². The maximum absolute atomic E-state index is 12.0. The van der Waals surface area contributed by atoms with Crippen LogP contribution in [0.1, 0.15) is 31.0 Å². The first-order chi connectivity index (χ1) is 21.3. The summed E-state index contributed by atoms with van der Waals surface area (Å²) in [4.78, 5) is 13.7. The Hall–Kier alpha value is -3.79. The van der Waals surface area contributed by atoms with E-state index in [0.29, 0.717) is 17.9 Å². The highest BCUT2D eigenvalue weighted by Gasteiger charge is 2.50. The Labute approximate surface area is 261 Å². The molecule has 1 aromatic heterocycles. The molecular formula is C35H44N4O4Si. The first kappa shape index (κ1) is 31.6. The molecule has 4 atom stereocenters. The average Bonchev–Trinajstić information content (AvgIpc) is 3.63. The van der Waals surface area contributed by atoms with Gasteiger partial charge in [-0.15, -0.1) is 5.10 Å². The Balaban J connectivity index is 1.34. The summed E-state index contributed by atoms with van der Waals surface area (Å²) in [5.41, 5.74) is 4.11. The van der Waals surface area contributed by atoms with E-state index in [1.807, 2.05) is 53.3 Å². The largest absolute Gasteiger partial charge is 0.497 e. The number of rotatable bonds is 14. The number of hydrogen-bond donors (Lipinski definition) is 1. The predicted octanol–water partition coefficient (Wildman–Crippen LogP) is 5.53. The van der Waals surface area contributed by atoms with E-state index < -0.39 is 8.07 Å². The molecule has 0 radical (unpaired) electrons. The van der Waals surface area contributed by atoms with Crippen LogP contribution in [0.15, 0.2) is 85.1 Å². The van der Waals surface area contributed by atoms with Crippen LogP contribution in [-0.2, 0) is 28.9 Å². The smallest absolute Gasteiger partial charge is 0.218 e. The minimum absolute atomic E-state index is 0.0652. The number of aromatic nitrogens is 3. The van der Waals surface area contributed by atoms with Crippen LogP contribution in [0.5, 0.6) is 5.75 Å². The third-order valence-corrected chi connectivity index (χ3v) is 13.6. The lowest BCUT2D eigenvalue weighted by Gasteiger charge is -2.36. The van der Waals surface area contributed by atoms with Gasteiger partial charge in [-0.2, -0.15) is 0 Å². The molecule has 232 valence electrons. The fourth-order valence-corrected chi connectivity index (χ4v) is 11.0. The summed E-state index contributed by atoms with van der Waals surface area (Å²) in [5, 5.41) is 19.2. The molecule has 0 unspecified atom stereocenters. The molecule has 44 heavy (non-hydrogen) atoms. The summed E-state index contributed by atoms with van der Waals surface area (Å²) in [7, 11) is -0.271. The van der Waals surface area contributed by atoms with Crippen molar-refractivity contribution in [1.29, 1.82) is 0 Å². The molecule has 0 spiro atoms. The van der Waals surface area contributed by atoms with Crippen molar-refractivity contribution in [2.75, 3.05) is 18.6 Å². The number of methoxy groups -OCH3 is 1. The van der Waals surface area contributed by atoms with Crippen LogP contribution < -0.4 is 14.8 Å². The molecule has 3 aromatic carbocycles. The van der Waals surface area contributed by atoms with Crippen molar-refractivity contribution in [2.45, 2.75) is 70.0 Å². The number of carbonyl (C=O) groups excluding carboxylic acids is 1. The molecule has 0 aliphatic carbocycles. The van der Waals surface area contributed by atoms with E-state index >= 15 is 0 Å². The van der Waals surface area contributed by atoms with Crippen LogP contribution in [0.2, 0.25) is 18.6 Å². The molecule has 1 aliphatic rings. The molecule has 1 aliphatic heterocycles. The van der Waals surface area contributed by atoms with Crippen molar-refractivity contribution in [3.63, 3.8) is 0 Å². The van der Waals surface area contributed by atoms with Gasteiger partial charge in [-0.1, -0.05) is 72.9 Å². The monoisotopic (exact) mass is 612 g/mol. The van der Waals surface area contributed by atoms with Gasteiger partial charge in [0, 0.05) is 37.1 Å². The van der Waals surface area contributed by atoms with E-state index in [1.165, 1.54) is 10.8 Å². The first-order valence-electron chi connectivity index (χ1n) is 15.5. The number of nitrogens with zero attached hydrogens (tertiary/aromatic N) is 4. The van der Waals surface area contributed by atoms with Gasteiger partial charge in [-0.05, 0) is 72.7 Å². The quantitative estimate of drug-likeness (QED) is 0.149. The summed E-state index contributed by atoms with van der Waals surface area (Å²) < 4.78 is 14.3. The highest BCUT2D eigenvalue weighted by atomic mass is 28.3. The van der Waals surface area contributed by atoms with Gasteiger partial charge in [-0.3, -0.25) is 14.4 Å². The number of aliphatic hydroxyl groups excluding tert-OH is 1. The fraction of sp³-hybridized carbons (Fsp3) is 0.400. The third-order valence-electron chi connectivity index (χ3n) is 9.21. The van der Waals surface area contributed by atoms with Gasteiger partial charge in [0.15, 0.2) is 0 Å². The van der Waals surface area contributed by atoms with Crippen molar-refractivity contribution in [3.8, 4) is 5.75 Å². The second-order valence-electron chi connectivity index (χ2n) is 12.3. The van der Waals surface area contributed by atoms with Crippen molar-refractivity contribution >= 4 is 31.0 Å². The molecule has 2 heterocycles. The Morgan fingerprint density at radius 2 is 1.73 bits per heavy atom. The number of anilines is 2. The maximum Gasteiger partial charge on any atom is 0.218 e. The number of benzene rings is 3. The Bertz CT molecular complexity index is 1490. The van der Waals surface area contributed by atoms with Gasteiger partial charge < -0.3 is 14.6 Å². The third kappa shape index (κ3) is 7.12. The molecule has 5 rings (SSSR count). The fourth-order valence-electron chi connectivity index (χ4n) is 6.88. The van der Waals surface area contributed by atoms with Crippen LogP contribution in [0.4, 0.5) is 11.4 Å². The van der Waals surface area contributed by atoms with Crippen LogP contribution in [0.25, 0.3) is 0 Å². The van der Waals surface area contributed by atoms with Gasteiger partial charge in [0.2, 0.25) is 6.41 Å². The van der Waals surface area contributed by atoms with Gasteiger partial charge in [0.05, 0.1) is 33.1 Å². The van der Waals surface area contributed by atoms with Gasteiger partial charge >= 0.3 is 0 Å². The number of aliphatic hydroxyl groups is 1. The topological polar surface area (TPSA) is 89.7 Å². The molecule has 9 heteroatoms. The van der Waals surface area contributed by atoms with Crippen LogP contribution in [-0.4, -0.2) is 60.5 Å². The maximum atomic E-state index is 12.0. The molecule has 1 amide bonds. The highest BCUT2D eigenvalue weighted by molar-refractivity contribution is 6.91. The van der Waals surface area contributed by atoms with E-state index in [9.17, 15) is 9.90 Å². The molecule has 0 bridgehead atoms. The van der Waals surface area contributed by atoms with Crippen LogP contribution in [0.3, 0.4) is 0 Å². The highest BCUT2D eigenvalue weighted by Crippen LogP contribution is 2.46. The average molecular weight is 613 g/mol. The van der Waals surface area contributed by atoms with E-state index in [1.54, 1.807) is 12.0 Å². The van der Waals surface area contributed by atoms with E-state index in [2.05, 4.69) is 66.7 Å². The lowest BCUT2D eigenvalue weighted by atomic mass is 9.95. The summed E-state index contributed by atoms with van der Waals surface area (Å²) >= 11 is 0. The Kier molecular flexibility index (Phi) is 10.3. The van der Waals surface area contributed by atoms with Crippen molar-refractivity contribution in [3.05, 3.63) is 96.3 Å². The zero-order valence-corrected chi connectivity index (χ0v) is 27.2. The van der Waals surface area contributed by atoms with Gasteiger partial charge in [0.1, 0.15) is 5.75 Å². The van der Waals surface area contributed by atoms with Crippen LogP contribution in [0, 0.1) is 5.92 Å². The van der Waals surface area contributed by atoms with Gasteiger partial charge in [0.25, 0.3) is 0 Å².